The van der Waals surface area contributed by atoms with Crippen molar-refractivity contribution in [1.82, 2.24) is 15.3 Å². The molecule has 3 rings (SSSR count). The molecule has 0 bridgehead atoms. The maximum Gasteiger partial charge on any atom is 0.324 e. The van der Waals surface area contributed by atoms with Gasteiger partial charge in [-0.3, -0.25) is 4.90 Å². The standard InChI is InChI=1S/C15H14F2N4O/c1-15(2)8-21(14(22)20-15)13-18-6-9(7-19-13)11-5-10(16)3-4-12(11)17/h3-7H,8H2,1-2H3,(H,20,22). The summed E-state index contributed by atoms with van der Waals surface area (Å²) in [7, 11) is 0. The summed E-state index contributed by atoms with van der Waals surface area (Å²) in [6.07, 6.45) is 2.75. The van der Waals surface area contributed by atoms with Crippen molar-refractivity contribution in [3.63, 3.8) is 0 Å². The summed E-state index contributed by atoms with van der Waals surface area (Å²) in [5.74, 6) is -0.873. The second-order valence-corrected chi connectivity index (χ2v) is 5.80. The molecule has 22 heavy (non-hydrogen) atoms. The molecule has 1 N–H and O–H groups in total. The van der Waals surface area contributed by atoms with Gasteiger partial charge in [0.25, 0.3) is 0 Å². The minimum Gasteiger partial charge on any atom is -0.331 e. The van der Waals surface area contributed by atoms with Gasteiger partial charge in [0.05, 0.1) is 12.1 Å². The van der Waals surface area contributed by atoms with E-state index in [0.29, 0.717) is 12.1 Å². The molecule has 0 unspecified atom stereocenters. The van der Waals surface area contributed by atoms with Gasteiger partial charge in [0, 0.05) is 23.5 Å². The van der Waals surface area contributed by atoms with E-state index in [1.54, 1.807) is 0 Å². The lowest BCUT2D eigenvalue weighted by atomic mass is 10.1. The summed E-state index contributed by atoms with van der Waals surface area (Å²) in [5.41, 5.74) is 0.0608. The topological polar surface area (TPSA) is 58.1 Å². The van der Waals surface area contributed by atoms with Crippen LogP contribution in [0.1, 0.15) is 13.8 Å². The Kier molecular flexibility index (Phi) is 3.27. The van der Waals surface area contributed by atoms with Gasteiger partial charge in [-0.05, 0) is 32.0 Å². The van der Waals surface area contributed by atoms with Crippen LogP contribution in [-0.4, -0.2) is 28.1 Å². The van der Waals surface area contributed by atoms with Crippen molar-refractivity contribution in [2.24, 2.45) is 0 Å². The van der Waals surface area contributed by atoms with Gasteiger partial charge in [0.2, 0.25) is 5.95 Å². The predicted molar refractivity (Wildman–Crippen MR) is 77.3 cm³/mol. The van der Waals surface area contributed by atoms with Crippen molar-refractivity contribution >= 4 is 12.0 Å². The van der Waals surface area contributed by atoms with Crippen LogP contribution in [0, 0.1) is 11.6 Å². The molecule has 7 heteroatoms. The Morgan fingerprint density at radius 3 is 2.50 bits per heavy atom. The second kappa shape index (κ2) is 5.01. The minimum absolute atomic E-state index is 0.0813. The molecular weight excluding hydrogens is 290 g/mol. The van der Waals surface area contributed by atoms with Gasteiger partial charge in [-0.25, -0.2) is 23.5 Å². The van der Waals surface area contributed by atoms with E-state index in [9.17, 15) is 13.6 Å². The van der Waals surface area contributed by atoms with Gasteiger partial charge in [-0.2, -0.15) is 0 Å². The number of hydrogen-bond acceptors (Lipinski definition) is 3. The molecule has 2 heterocycles. The molecule has 1 aliphatic rings. The maximum absolute atomic E-state index is 13.7. The zero-order valence-electron chi connectivity index (χ0n) is 12.1. The highest BCUT2D eigenvalue weighted by Crippen LogP contribution is 2.25. The zero-order chi connectivity index (χ0) is 15.9. The van der Waals surface area contributed by atoms with Gasteiger partial charge in [0.15, 0.2) is 0 Å². The second-order valence-electron chi connectivity index (χ2n) is 5.80. The highest BCUT2D eigenvalue weighted by molar-refractivity contribution is 5.93. The average molecular weight is 304 g/mol. The number of amides is 2. The molecule has 114 valence electrons. The fourth-order valence-electron chi connectivity index (χ4n) is 2.34. The summed E-state index contributed by atoms with van der Waals surface area (Å²) in [4.78, 5) is 21.5. The molecule has 0 radical (unpaired) electrons. The molecule has 1 aliphatic heterocycles. The Labute approximate surface area is 126 Å². The predicted octanol–water partition coefficient (Wildman–Crippen LogP) is 2.73. The SMILES string of the molecule is CC1(C)CN(c2ncc(-c3cc(F)ccc3F)cn2)C(=O)N1. The Morgan fingerprint density at radius 1 is 1.23 bits per heavy atom. The Hall–Kier alpha value is -2.57. The molecule has 0 spiro atoms. The summed E-state index contributed by atoms with van der Waals surface area (Å²) in [6, 6.07) is 2.90. The fourth-order valence-corrected chi connectivity index (χ4v) is 2.34. The smallest absolute Gasteiger partial charge is 0.324 e. The monoisotopic (exact) mass is 304 g/mol. The third-order valence-electron chi connectivity index (χ3n) is 3.36. The lowest BCUT2D eigenvalue weighted by Gasteiger charge is -2.16. The number of carbonyl (C=O) groups excluding carboxylic acids is 1. The Bertz CT molecular complexity index is 731. The van der Waals surface area contributed by atoms with Crippen molar-refractivity contribution < 1.29 is 13.6 Å². The fraction of sp³-hybridized carbons (Fsp3) is 0.267. The summed E-state index contributed by atoms with van der Waals surface area (Å²) in [5, 5.41) is 2.80. The van der Waals surface area contributed by atoms with Crippen LogP contribution in [-0.2, 0) is 0 Å². The Morgan fingerprint density at radius 2 is 1.91 bits per heavy atom. The third kappa shape index (κ3) is 2.61. The van der Waals surface area contributed by atoms with E-state index < -0.39 is 11.6 Å². The third-order valence-corrected chi connectivity index (χ3v) is 3.36. The Balaban J connectivity index is 1.90. The number of aromatic nitrogens is 2. The van der Waals surface area contributed by atoms with Crippen LogP contribution in [0.5, 0.6) is 0 Å². The number of rotatable bonds is 2. The number of urea groups is 1. The van der Waals surface area contributed by atoms with Crippen LogP contribution in [0.4, 0.5) is 19.5 Å². The molecule has 1 fully saturated rings. The molecule has 0 saturated carbocycles. The molecule has 2 aromatic rings. The number of anilines is 1. The first-order chi connectivity index (χ1) is 10.4. The van der Waals surface area contributed by atoms with Crippen LogP contribution in [0.3, 0.4) is 0 Å². The number of nitrogens with zero attached hydrogens (tertiary/aromatic N) is 3. The van der Waals surface area contributed by atoms with Gasteiger partial charge < -0.3 is 5.32 Å². The lowest BCUT2D eigenvalue weighted by Crippen LogP contribution is -2.36. The number of benzene rings is 1. The van der Waals surface area contributed by atoms with Gasteiger partial charge >= 0.3 is 6.03 Å². The molecule has 1 aromatic heterocycles. The summed E-state index contributed by atoms with van der Waals surface area (Å²) >= 11 is 0. The maximum atomic E-state index is 13.7. The van der Waals surface area contributed by atoms with E-state index in [4.69, 9.17) is 0 Å². The molecule has 1 aromatic carbocycles. The van der Waals surface area contributed by atoms with E-state index in [2.05, 4.69) is 15.3 Å². The average Bonchev–Trinajstić information content (AvgIpc) is 2.75. The van der Waals surface area contributed by atoms with Crippen LogP contribution in [0.25, 0.3) is 11.1 Å². The molecule has 0 aliphatic carbocycles. The summed E-state index contributed by atoms with van der Waals surface area (Å²) in [6.45, 7) is 4.21. The first-order valence-electron chi connectivity index (χ1n) is 6.73. The summed E-state index contributed by atoms with van der Waals surface area (Å²) < 4.78 is 26.9. The molecule has 1 saturated heterocycles. The van der Waals surface area contributed by atoms with Crippen molar-refractivity contribution in [2.45, 2.75) is 19.4 Å². The normalized spacial score (nSPS) is 16.7. The minimum atomic E-state index is -0.558. The van der Waals surface area contributed by atoms with E-state index >= 15 is 0 Å². The number of carbonyl (C=O) groups is 1. The number of nitrogens with one attached hydrogen (secondary N) is 1. The molecule has 2 amide bonds. The van der Waals surface area contributed by atoms with Crippen molar-refractivity contribution in [3.8, 4) is 11.1 Å². The van der Waals surface area contributed by atoms with E-state index in [-0.39, 0.29) is 23.1 Å². The quantitative estimate of drug-likeness (QED) is 0.928. The van der Waals surface area contributed by atoms with Crippen LogP contribution < -0.4 is 10.2 Å². The van der Waals surface area contributed by atoms with Crippen molar-refractivity contribution in [2.75, 3.05) is 11.4 Å². The first kappa shape index (κ1) is 14.4. The van der Waals surface area contributed by atoms with Gasteiger partial charge in [-0.1, -0.05) is 0 Å². The largest absolute Gasteiger partial charge is 0.331 e. The van der Waals surface area contributed by atoms with Crippen LogP contribution in [0.2, 0.25) is 0 Å². The van der Waals surface area contributed by atoms with Crippen molar-refractivity contribution in [1.29, 1.82) is 0 Å². The number of hydrogen-bond donors (Lipinski definition) is 1. The zero-order valence-corrected chi connectivity index (χ0v) is 12.1. The van der Waals surface area contributed by atoms with Crippen LogP contribution >= 0.6 is 0 Å². The van der Waals surface area contributed by atoms with Crippen molar-refractivity contribution in [3.05, 3.63) is 42.2 Å². The molecule has 5 nitrogen and oxygen atoms in total. The van der Waals surface area contributed by atoms with E-state index in [0.717, 1.165) is 18.2 Å². The lowest BCUT2D eigenvalue weighted by molar-refractivity contribution is 0.248. The highest BCUT2D eigenvalue weighted by Gasteiger charge is 2.36. The van der Waals surface area contributed by atoms with Crippen LogP contribution in [0.15, 0.2) is 30.6 Å². The molecular formula is C15H14F2N4O. The van der Waals surface area contributed by atoms with E-state index in [1.165, 1.54) is 17.3 Å². The highest BCUT2D eigenvalue weighted by atomic mass is 19.1. The van der Waals surface area contributed by atoms with Gasteiger partial charge in [0.1, 0.15) is 11.6 Å². The van der Waals surface area contributed by atoms with E-state index in [1.807, 2.05) is 13.8 Å². The first-order valence-corrected chi connectivity index (χ1v) is 6.73. The van der Waals surface area contributed by atoms with Gasteiger partial charge in [-0.15, -0.1) is 0 Å². The number of halogens is 2. The molecule has 0 atom stereocenters.